The molecule has 3 rings (SSSR count). The number of anilines is 2. The molecule has 0 saturated heterocycles. The normalized spacial score (nSPS) is 13.9. The second-order valence-electron chi connectivity index (χ2n) is 8.58. The van der Waals surface area contributed by atoms with Gasteiger partial charge in [0.1, 0.15) is 0 Å². The molecule has 0 amide bonds. The van der Waals surface area contributed by atoms with Gasteiger partial charge in [0, 0.05) is 24.0 Å². The molecule has 4 heteroatoms. The lowest BCUT2D eigenvalue weighted by Gasteiger charge is -2.34. The Morgan fingerprint density at radius 2 is 1.47 bits per heavy atom. The molecule has 3 atom stereocenters. The third kappa shape index (κ3) is 6.35. The van der Waals surface area contributed by atoms with E-state index in [2.05, 4.69) is 74.6 Å². The van der Waals surface area contributed by atoms with Gasteiger partial charge in [0.15, 0.2) is 0 Å². The fourth-order valence-electron chi connectivity index (χ4n) is 3.82. The zero-order valence-electron chi connectivity index (χ0n) is 19.5. The topological polar surface area (TPSA) is 61.5 Å². The Kier molecular flexibility index (Phi) is 8.72. The molecule has 0 aliphatic rings. The molecule has 0 spiro atoms. The third-order valence-corrected chi connectivity index (χ3v) is 6.17. The van der Waals surface area contributed by atoms with Crippen molar-refractivity contribution >= 4 is 11.4 Å². The predicted molar refractivity (Wildman–Crippen MR) is 137 cm³/mol. The highest BCUT2D eigenvalue weighted by atomic mass is 16.3. The molecule has 0 aliphatic heterocycles. The van der Waals surface area contributed by atoms with E-state index in [1.54, 1.807) is 0 Å². The largest absolute Gasteiger partial charge is 0.356 e. The molecule has 32 heavy (non-hydrogen) atoms. The van der Waals surface area contributed by atoms with Crippen LogP contribution < -0.4 is 16.0 Å². The molecule has 0 heterocycles. The number of nitrogens with two attached hydrogens (primary N) is 1. The summed E-state index contributed by atoms with van der Waals surface area (Å²) in [4.78, 5) is 1.94. The van der Waals surface area contributed by atoms with Gasteiger partial charge in [-0.05, 0) is 53.3 Å². The lowest BCUT2D eigenvalue weighted by atomic mass is 9.99. The predicted octanol–water partition coefficient (Wildman–Crippen LogP) is 5.87. The first-order valence-electron chi connectivity index (χ1n) is 11.7. The van der Waals surface area contributed by atoms with Crippen LogP contribution in [0.25, 0.3) is 11.1 Å². The van der Waals surface area contributed by atoms with Crippen LogP contribution in [0, 0.1) is 5.92 Å². The number of hydrogen-bond donors (Lipinski definition) is 3. The average Bonchev–Trinajstić information content (AvgIpc) is 2.83. The van der Waals surface area contributed by atoms with Gasteiger partial charge < -0.3 is 21.1 Å². The third-order valence-electron chi connectivity index (χ3n) is 6.17. The summed E-state index contributed by atoms with van der Waals surface area (Å²) in [5.74, 6) is 0.363. The fraction of sp³-hybridized carbons (Fsp3) is 0.357. The van der Waals surface area contributed by atoms with Gasteiger partial charge in [-0.3, -0.25) is 0 Å². The van der Waals surface area contributed by atoms with Crippen LogP contribution in [0.4, 0.5) is 11.4 Å². The maximum Gasteiger partial charge on any atom is 0.205 e. The molecule has 4 N–H and O–H groups in total. The number of aliphatic hydroxyl groups is 1. The quantitative estimate of drug-likeness (QED) is 0.332. The number of benzene rings is 3. The summed E-state index contributed by atoms with van der Waals surface area (Å²) in [6.07, 6.45) is 2.38. The average molecular weight is 432 g/mol. The van der Waals surface area contributed by atoms with E-state index in [0.29, 0.717) is 12.5 Å². The van der Waals surface area contributed by atoms with Crippen LogP contribution in [0.15, 0.2) is 78.9 Å². The molecule has 0 aliphatic carbocycles. The number of para-hydroxylation sites is 1. The van der Waals surface area contributed by atoms with Gasteiger partial charge in [-0.15, -0.1) is 0 Å². The van der Waals surface area contributed by atoms with Crippen molar-refractivity contribution < 1.29 is 5.11 Å². The second-order valence-corrected chi connectivity index (χ2v) is 8.58. The first-order chi connectivity index (χ1) is 15.5. The molecule has 170 valence electrons. The molecule has 4 nitrogen and oxygen atoms in total. The minimum Gasteiger partial charge on any atom is -0.356 e. The van der Waals surface area contributed by atoms with Crippen molar-refractivity contribution in [3.8, 4) is 11.1 Å². The molecule has 3 aromatic carbocycles. The Morgan fingerprint density at radius 1 is 0.875 bits per heavy atom. The van der Waals surface area contributed by atoms with Crippen molar-refractivity contribution in [1.82, 2.24) is 0 Å². The van der Waals surface area contributed by atoms with Crippen molar-refractivity contribution in [2.45, 2.75) is 52.4 Å². The summed E-state index contributed by atoms with van der Waals surface area (Å²) < 4.78 is 0. The first-order valence-corrected chi connectivity index (χ1v) is 11.7. The Morgan fingerprint density at radius 3 is 2.03 bits per heavy atom. The summed E-state index contributed by atoms with van der Waals surface area (Å²) in [6, 6.07) is 26.8. The van der Waals surface area contributed by atoms with Crippen LogP contribution in [-0.2, 0) is 6.42 Å². The van der Waals surface area contributed by atoms with E-state index in [-0.39, 0.29) is 6.04 Å². The Hall–Kier alpha value is -2.82. The van der Waals surface area contributed by atoms with E-state index in [4.69, 9.17) is 5.73 Å². The molecule has 3 aromatic rings. The van der Waals surface area contributed by atoms with E-state index < -0.39 is 6.35 Å². The molecule has 0 aromatic heterocycles. The van der Waals surface area contributed by atoms with Crippen molar-refractivity contribution in [3.63, 3.8) is 0 Å². The lowest BCUT2D eigenvalue weighted by Crippen LogP contribution is -2.49. The van der Waals surface area contributed by atoms with Gasteiger partial charge in [0.05, 0.1) is 0 Å². The molecule has 0 fully saturated rings. The fourth-order valence-corrected chi connectivity index (χ4v) is 3.82. The standard InChI is InChI=1S/C28H37N3O/c1-4-9-22-12-14-23(15-13-22)24-16-18-26(19-17-24)31(20-27(29)21(3)5-2)28(32)30-25-10-7-6-8-11-25/h6-8,10-19,21,27-28,30,32H,4-5,9,20,29H2,1-3H3/t21-,27+,28?/m0/s1. The molecule has 1 unspecified atom stereocenters. The van der Waals surface area contributed by atoms with Crippen LogP contribution in [0.1, 0.15) is 39.2 Å². The zero-order chi connectivity index (χ0) is 22.9. The van der Waals surface area contributed by atoms with Gasteiger partial charge in [-0.1, -0.05) is 88.2 Å². The van der Waals surface area contributed by atoms with Gasteiger partial charge in [0.25, 0.3) is 0 Å². The highest BCUT2D eigenvalue weighted by molar-refractivity contribution is 5.67. The van der Waals surface area contributed by atoms with Gasteiger partial charge in [0.2, 0.25) is 6.35 Å². The maximum absolute atomic E-state index is 11.0. The second kappa shape index (κ2) is 11.7. The van der Waals surface area contributed by atoms with Gasteiger partial charge >= 0.3 is 0 Å². The van der Waals surface area contributed by atoms with E-state index in [1.807, 2.05) is 35.2 Å². The smallest absolute Gasteiger partial charge is 0.205 e. The summed E-state index contributed by atoms with van der Waals surface area (Å²) >= 11 is 0. The molecule has 0 saturated carbocycles. The number of nitrogens with one attached hydrogen (secondary N) is 1. The van der Waals surface area contributed by atoms with Crippen LogP contribution in [-0.4, -0.2) is 24.0 Å². The lowest BCUT2D eigenvalue weighted by molar-refractivity contribution is 0.191. The van der Waals surface area contributed by atoms with Crippen molar-refractivity contribution in [1.29, 1.82) is 0 Å². The van der Waals surface area contributed by atoms with E-state index in [9.17, 15) is 5.11 Å². The first kappa shape index (κ1) is 23.8. The monoisotopic (exact) mass is 431 g/mol. The Balaban J connectivity index is 1.81. The number of hydrogen-bond acceptors (Lipinski definition) is 4. The summed E-state index contributed by atoms with van der Waals surface area (Å²) in [5, 5.41) is 14.2. The summed E-state index contributed by atoms with van der Waals surface area (Å²) in [7, 11) is 0. The van der Waals surface area contributed by atoms with Crippen molar-refractivity contribution in [3.05, 3.63) is 84.4 Å². The zero-order valence-corrected chi connectivity index (χ0v) is 19.5. The van der Waals surface area contributed by atoms with E-state index in [1.165, 1.54) is 11.1 Å². The highest BCUT2D eigenvalue weighted by Crippen LogP contribution is 2.26. The highest BCUT2D eigenvalue weighted by Gasteiger charge is 2.22. The summed E-state index contributed by atoms with van der Waals surface area (Å²) in [6.45, 7) is 7.06. The van der Waals surface area contributed by atoms with Crippen molar-refractivity contribution in [2.24, 2.45) is 11.7 Å². The maximum atomic E-state index is 11.0. The van der Waals surface area contributed by atoms with Gasteiger partial charge in [-0.2, -0.15) is 0 Å². The number of aryl methyl sites for hydroxylation is 1. The minimum atomic E-state index is -0.883. The van der Waals surface area contributed by atoms with E-state index in [0.717, 1.165) is 36.2 Å². The molecule has 0 bridgehead atoms. The van der Waals surface area contributed by atoms with Gasteiger partial charge in [-0.25, -0.2) is 0 Å². The molecular weight excluding hydrogens is 394 g/mol. The number of nitrogens with zero attached hydrogens (tertiary/aromatic N) is 1. The van der Waals surface area contributed by atoms with Crippen LogP contribution >= 0.6 is 0 Å². The van der Waals surface area contributed by atoms with Crippen LogP contribution in [0.3, 0.4) is 0 Å². The molecule has 0 radical (unpaired) electrons. The van der Waals surface area contributed by atoms with Crippen LogP contribution in [0.5, 0.6) is 0 Å². The number of rotatable bonds is 11. The number of aliphatic hydroxyl groups excluding tert-OH is 1. The van der Waals surface area contributed by atoms with Crippen molar-refractivity contribution in [2.75, 3.05) is 16.8 Å². The summed E-state index contributed by atoms with van der Waals surface area (Å²) in [5.41, 5.74) is 12.0. The SMILES string of the molecule is CCCc1ccc(-c2ccc(N(C[C@@H](N)[C@@H](C)CC)C(O)Nc3ccccc3)cc2)cc1. The Bertz CT molecular complexity index is 925. The minimum absolute atomic E-state index is 0.0435. The molecular formula is C28H37N3O. The van der Waals surface area contributed by atoms with E-state index >= 15 is 0 Å². The van der Waals surface area contributed by atoms with Crippen LogP contribution in [0.2, 0.25) is 0 Å². The Labute approximate surface area is 193 Å².